The van der Waals surface area contributed by atoms with Gasteiger partial charge in [-0.2, -0.15) is 5.26 Å². The van der Waals surface area contributed by atoms with E-state index in [9.17, 15) is 0 Å². The summed E-state index contributed by atoms with van der Waals surface area (Å²) in [5.74, 6) is 0.726. The van der Waals surface area contributed by atoms with E-state index in [1.54, 1.807) is 0 Å². The Balaban J connectivity index is 2.37. The van der Waals surface area contributed by atoms with E-state index in [4.69, 9.17) is 10.00 Å². The van der Waals surface area contributed by atoms with Crippen molar-refractivity contribution in [1.82, 2.24) is 0 Å². The minimum Gasteiger partial charge on any atom is -0.471 e. The quantitative estimate of drug-likeness (QED) is 0.772. The Morgan fingerprint density at radius 1 is 1.57 bits per heavy atom. The molecule has 1 aliphatic heterocycles. The lowest BCUT2D eigenvalue weighted by Gasteiger charge is -2.28. The predicted molar refractivity (Wildman–Crippen MR) is 57.3 cm³/mol. The number of nitrogens with zero attached hydrogens (tertiary/aromatic N) is 1. The molecule has 1 heterocycles. The Kier molecular flexibility index (Phi) is 2.34. The second-order valence-electron chi connectivity index (χ2n) is 3.24. The molecule has 0 aliphatic carbocycles. The SMILES string of the molecule is CC1Nc2ccc(Br)cc2OC1C#N. The molecule has 0 aromatic heterocycles. The number of nitrogens with one attached hydrogen (secondary N) is 1. The molecule has 72 valence electrons. The third-order valence-electron chi connectivity index (χ3n) is 2.16. The lowest BCUT2D eigenvalue weighted by Crippen LogP contribution is -2.38. The van der Waals surface area contributed by atoms with Gasteiger partial charge in [-0.1, -0.05) is 15.9 Å². The molecule has 0 radical (unpaired) electrons. The van der Waals surface area contributed by atoms with Crippen molar-refractivity contribution < 1.29 is 4.74 Å². The monoisotopic (exact) mass is 252 g/mol. The number of ether oxygens (including phenoxy) is 1. The van der Waals surface area contributed by atoms with Crippen LogP contribution in [0.15, 0.2) is 22.7 Å². The summed E-state index contributed by atoms with van der Waals surface area (Å²) in [5.41, 5.74) is 0.937. The van der Waals surface area contributed by atoms with E-state index in [0.717, 1.165) is 15.9 Å². The Bertz CT molecular complexity index is 400. The fourth-order valence-electron chi connectivity index (χ4n) is 1.41. The van der Waals surface area contributed by atoms with Gasteiger partial charge in [0.25, 0.3) is 0 Å². The van der Waals surface area contributed by atoms with Crippen molar-refractivity contribution in [2.45, 2.75) is 19.1 Å². The first-order chi connectivity index (χ1) is 6.70. The summed E-state index contributed by atoms with van der Waals surface area (Å²) in [6.45, 7) is 1.93. The zero-order valence-electron chi connectivity index (χ0n) is 7.62. The number of anilines is 1. The normalized spacial score (nSPS) is 24.1. The van der Waals surface area contributed by atoms with E-state index in [1.165, 1.54) is 0 Å². The van der Waals surface area contributed by atoms with Gasteiger partial charge in [-0.3, -0.25) is 0 Å². The van der Waals surface area contributed by atoms with Gasteiger partial charge in [0.15, 0.2) is 0 Å². The molecule has 0 saturated heterocycles. The Morgan fingerprint density at radius 2 is 2.36 bits per heavy atom. The van der Waals surface area contributed by atoms with Crippen LogP contribution in [-0.4, -0.2) is 12.1 Å². The molecule has 0 bridgehead atoms. The highest BCUT2D eigenvalue weighted by Crippen LogP contribution is 2.33. The predicted octanol–water partition coefficient (Wildman–Crippen LogP) is 2.53. The maximum atomic E-state index is 8.83. The van der Waals surface area contributed by atoms with E-state index in [1.807, 2.05) is 25.1 Å². The standard InChI is InChI=1S/C10H9BrN2O/c1-6-10(5-12)14-9-4-7(11)2-3-8(9)13-6/h2-4,6,10,13H,1H3. The average molecular weight is 253 g/mol. The van der Waals surface area contributed by atoms with Gasteiger partial charge in [0.1, 0.15) is 11.8 Å². The van der Waals surface area contributed by atoms with Crippen molar-refractivity contribution in [3.05, 3.63) is 22.7 Å². The van der Waals surface area contributed by atoms with Crippen LogP contribution in [-0.2, 0) is 0 Å². The van der Waals surface area contributed by atoms with Gasteiger partial charge in [0.05, 0.1) is 11.7 Å². The molecule has 0 saturated carbocycles. The summed E-state index contributed by atoms with van der Waals surface area (Å²) < 4.78 is 6.47. The van der Waals surface area contributed by atoms with Crippen molar-refractivity contribution >= 4 is 21.6 Å². The second-order valence-corrected chi connectivity index (χ2v) is 4.16. The van der Waals surface area contributed by atoms with Crippen LogP contribution >= 0.6 is 15.9 Å². The number of hydrogen-bond acceptors (Lipinski definition) is 3. The van der Waals surface area contributed by atoms with E-state index in [0.29, 0.717) is 0 Å². The van der Waals surface area contributed by atoms with Gasteiger partial charge in [0.2, 0.25) is 6.10 Å². The Labute approximate surface area is 90.8 Å². The van der Waals surface area contributed by atoms with Crippen LogP contribution in [0.3, 0.4) is 0 Å². The number of rotatable bonds is 0. The van der Waals surface area contributed by atoms with Crippen LogP contribution in [0.4, 0.5) is 5.69 Å². The van der Waals surface area contributed by atoms with Crippen molar-refractivity contribution in [1.29, 1.82) is 5.26 Å². The maximum Gasteiger partial charge on any atom is 0.204 e. The molecule has 1 aromatic carbocycles. The molecule has 14 heavy (non-hydrogen) atoms. The number of halogens is 1. The van der Waals surface area contributed by atoms with Crippen LogP contribution in [0.25, 0.3) is 0 Å². The largest absolute Gasteiger partial charge is 0.471 e. The molecular formula is C10H9BrN2O. The van der Waals surface area contributed by atoms with Crippen LogP contribution in [0.5, 0.6) is 5.75 Å². The third-order valence-corrected chi connectivity index (χ3v) is 2.66. The average Bonchev–Trinajstić information content (AvgIpc) is 2.17. The fourth-order valence-corrected chi connectivity index (χ4v) is 1.75. The van der Waals surface area contributed by atoms with Gasteiger partial charge < -0.3 is 10.1 Å². The molecule has 1 N–H and O–H groups in total. The van der Waals surface area contributed by atoms with Crippen molar-refractivity contribution in [2.75, 3.05) is 5.32 Å². The van der Waals surface area contributed by atoms with Crippen molar-refractivity contribution in [3.63, 3.8) is 0 Å². The second kappa shape index (κ2) is 3.50. The highest BCUT2D eigenvalue weighted by molar-refractivity contribution is 9.10. The molecule has 0 fully saturated rings. The van der Waals surface area contributed by atoms with Crippen molar-refractivity contribution in [2.24, 2.45) is 0 Å². The summed E-state index contributed by atoms with van der Waals surface area (Å²) in [5, 5.41) is 12.0. The van der Waals surface area contributed by atoms with Gasteiger partial charge in [0, 0.05) is 4.47 Å². The lowest BCUT2D eigenvalue weighted by atomic mass is 10.1. The van der Waals surface area contributed by atoms with Gasteiger partial charge in [-0.05, 0) is 25.1 Å². The fraction of sp³-hybridized carbons (Fsp3) is 0.300. The molecule has 1 aliphatic rings. The summed E-state index contributed by atoms with van der Waals surface area (Å²) in [7, 11) is 0. The molecule has 1 aromatic rings. The van der Waals surface area contributed by atoms with E-state index in [2.05, 4.69) is 27.3 Å². The smallest absolute Gasteiger partial charge is 0.204 e. The number of benzene rings is 1. The van der Waals surface area contributed by atoms with Crippen molar-refractivity contribution in [3.8, 4) is 11.8 Å². The lowest BCUT2D eigenvalue weighted by molar-refractivity contribution is 0.227. The Morgan fingerprint density at radius 3 is 3.07 bits per heavy atom. The topological polar surface area (TPSA) is 45.0 Å². The number of fused-ring (bicyclic) bond motifs is 1. The minimum atomic E-state index is -0.420. The first kappa shape index (κ1) is 9.35. The van der Waals surface area contributed by atoms with Crippen LogP contribution in [0.1, 0.15) is 6.92 Å². The maximum absolute atomic E-state index is 8.83. The summed E-state index contributed by atoms with van der Waals surface area (Å²) in [4.78, 5) is 0. The summed E-state index contributed by atoms with van der Waals surface area (Å²) in [6.07, 6.45) is -0.420. The van der Waals surface area contributed by atoms with E-state index in [-0.39, 0.29) is 6.04 Å². The molecule has 0 amide bonds. The van der Waals surface area contributed by atoms with E-state index >= 15 is 0 Å². The van der Waals surface area contributed by atoms with Gasteiger partial charge in [-0.25, -0.2) is 0 Å². The summed E-state index contributed by atoms with van der Waals surface area (Å²) in [6, 6.07) is 7.87. The van der Waals surface area contributed by atoms with Crippen LogP contribution in [0.2, 0.25) is 0 Å². The minimum absolute atomic E-state index is 0.0219. The van der Waals surface area contributed by atoms with Gasteiger partial charge in [-0.15, -0.1) is 0 Å². The highest BCUT2D eigenvalue weighted by atomic mass is 79.9. The third kappa shape index (κ3) is 1.55. The highest BCUT2D eigenvalue weighted by Gasteiger charge is 2.25. The Hall–Kier alpha value is -1.21. The molecule has 2 unspecified atom stereocenters. The zero-order valence-corrected chi connectivity index (χ0v) is 9.21. The zero-order chi connectivity index (χ0) is 10.1. The first-order valence-electron chi connectivity index (χ1n) is 4.33. The molecule has 0 spiro atoms. The first-order valence-corrected chi connectivity index (χ1v) is 5.12. The number of hydrogen-bond donors (Lipinski definition) is 1. The van der Waals surface area contributed by atoms with E-state index < -0.39 is 6.10 Å². The number of nitriles is 1. The van der Waals surface area contributed by atoms with Gasteiger partial charge >= 0.3 is 0 Å². The molecule has 2 atom stereocenters. The molecule has 3 nitrogen and oxygen atoms in total. The molecule has 4 heteroatoms. The van der Waals surface area contributed by atoms with Crippen LogP contribution < -0.4 is 10.1 Å². The van der Waals surface area contributed by atoms with Crippen LogP contribution in [0, 0.1) is 11.3 Å². The summed E-state index contributed by atoms with van der Waals surface area (Å²) >= 11 is 3.36. The molecule has 2 rings (SSSR count). The molecular weight excluding hydrogens is 244 g/mol.